The third-order valence-corrected chi connectivity index (χ3v) is 5.33. The number of aromatic hydroxyl groups is 1. The molecule has 9 heteroatoms. The number of nitrogens with one attached hydrogen (secondary N) is 2. The molecule has 6 nitrogen and oxygen atoms in total. The molecule has 3 rings (SSSR count). The van der Waals surface area contributed by atoms with E-state index >= 15 is 0 Å². The van der Waals surface area contributed by atoms with Gasteiger partial charge in [-0.25, -0.2) is 13.8 Å². The molecule has 1 saturated heterocycles. The highest BCUT2D eigenvalue weighted by molar-refractivity contribution is 14.0. The number of piperidine rings is 1. The van der Waals surface area contributed by atoms with Crippen molar-refractivity contribution < 1.29 is 18.6 Å². The van der Waals surface area contributed by atoms with Crippen LogP contribution in [0, 0.1) is 11.6 Å². The minimum absolute atomic E-state index is 0. The molecule has 1 fully saturated rings. The minimum Gasteiger partial charge on any atom is -0.505 e. The van der Waals surface area contributed by atoms with E-state index in [0.29, 0.717) is 24.6 Å². The Morgan fingerprint density at radius 3 is 2.44 bits per heavy atom. The SMILES string of the molecule is CCNC(=NCc1ccc(O)c(F)c1)NC1CCN(Cc2ccc(OC)c(F)c2)CC1.I. The fraction of sp³-hybridized carbons (Fsp3) is 0.435. The van der Waals surface area contributed by atoms with E-state index in [9.17, 15) is 13.9 Å². The molecule has 0 atom stereocenters. The zero-order chi connectivity index (χ0) is 22.2. The molecule has 0 bridgehead atoms. The van der Waals surface area contributed by atoms with Crippen LogP contribution in [0.3, 0.4) is 0 Å². The molecule has 176 valence electrons. The zero-order valence-corrected chi connectivity index (χ0v) is 20.7. The van der Waals surface area contributed by atoms with E-state index in [4.69, 9.17) is 4.74 Å². The summed E-state index contributed by atoms with van der Waals surface area (Å²) < 4.78 is 32.4. The Hall–Kier alpha value is -2.14. The summed E-state index contributed by atoms with van der Waals surface area (Å²) in [6.07, 6.45) is 1.88. The monoisotopic (exact) mass is 560 g/mol. The van der Waals surface area contributed by atoms with Crippen LogP contribution in [-0.4, -0.2) is 48.8 Å². The van der Waals surface area contributed by atoms with Crippen LogP contribution in [0.4, 0.5) is 8.78 Å². The highest BCUT2D eigenvalue weighted by Gasteiger charge is 2.20. The zero-order valence-electron chi connectivity index (χ0n) is 18.4. The Morgan fingerprint density at radius 1 is 1.12 bits per heavy atom. The third kappa shape index (κ3) is 7.47. The number of ether oxygens (including phenoxy) is 1. The van der Waals surface area contributed by atoms with Gasteiger partial charge in [0, 0.05) is 32.2 Å². The van der Waals surface area contributed by atoms with Gasteiger partial charge in [0.1, 0.15) is 0 Å². The fourth-order valence-corrected chi connectivity index (χ4v) is 3.63. The number of guanidine groups is 1. The number of likely N-dealkylation sites (tertiary alicyclic amines) is 1. The number of halogens is 3. The average Bonchev–Trinajstić information content (AvgIpc) is 2.76. The second-order valence-corrected chi connectivity index (χ2v) is 7.64. The summed E-state index contributed by atoms with van der Waals surface area (Å²) in [4.78, 5) is 6.85. The molecule has 0 amide bonds. The van der Waals surface area contributed by atoms with E-state index < -0.39 is 5.82 Å². The molecule has 3 N–H and O–H groups in total. The third-order valence-electron chi connectivity index (χ3n) is 5.33. The van der Waals surface area contributed by atoms with Crippen molar-refractivity contribution in [3.63, 3.8) is 0 Å². The maximum Gasteiger partial charge on any atom is 0.191 e. The molecular weight excluding hydrogens is 529 g/mol. The maximum absolute atomic E-state index is 13.9. The number of phenolic OH excluding ortho intramolecular Hbond substituents is 1. The van der Waals surface area contributed by atoms with Crippen molar-refractivity contribution in [3.05, 3.63) is 59.2 Å². The number of methoxy groups -OCH3 is 1. The van der Waals surface area contributed by atoms with Gasteiger partial charge in [0.25, 0.3) is 0 Å². The normalized spacial score (nSPS) is 15.2. The van der Waals surface area contributed by atoms with Crippen molar-refractivity contribution in [2.45, 2.75) is 38.9 Å². The van der Waals surface area contributed by atoms with E-state index in [2.05, 4.69) is 20.5 Å². The van der Waals surface area contributed by atoms with Crippen LogP contribution < -0.4 is 15.4 Å². The first kappa shape index (κ1) is 26.1. The predicted octanol–water partition coefficient (Wildman–Crippen LogP) is 4.02. The Morgan fingerprint density at radius 2 is 1.81 bits per heavy atom. The average molecular weight is 560 g/mol. The highest BCUT2D eigenvalue weighted by atomic mass is 127. The summed E-state index contributed by atoms with van der Waals surface area (Å²) >= 11 is 0. The van der Waals surface area contributed by atoms with Crippen molar-refractivity contribution in [1.29, 1.82) is 0 Å². The maximum atomic E-state index is 13.9. The minimum atomic E-state index is -0.644. The number of aliphatic imine (C=N–C) groups is 1. The Balaban J connectivity index is 0.00000363. The molecule has 0 spiro atoms. The van der Waals surface area contributed by atoms with E-state index in [1.54, 1.807) is 12.1 Å². The number of hydrogen-bond donors (Lipinski definition) is 3. The largest absolute Gasteiger partial charge is 0.505 e. The number of benzene rings is 2. The lowest BCUT2D eigenvalue weighted by molar-refractivity contribution is 0.198. The molecule has 32 heavy (non-hydrogen) atoms. The molecule has 1 aliphatic rings. The van der Waals surface area contributed by atoms with Gasteiger partial charge in [-0.3, -0.25) is 4.90 Å². The molecule has 0 saturated carbocycles. The standard InChI is InChI=1S/C23H30F2N4O2.HI/c1-3-26-23(27-14-16-4-6-21(30)19(24)12-16)28-18-8-10-29(11-9-18)15-17-5-7-22(31-2)20(25)13-17;/h4-7,12-13,18,30H,3,8-11,14-15H2,1-2H3,(H2,26,27,28);1H. The molecule has 0 aliphatic carbocycles. The highest BCUT2D eigenvalue weighted by Crippen LogP contribution is 2.20. The molecule has 2 aromatic rings. The molecule has 0 unspecified atom stereocenters. The predicted molar refractivity (Wildman–Crippen MR) is 133 cm³/mol. The Kier molecular flexibility index (Phi) is 10.4. The second-order valence-electron chi connectivity index (χ2n) is 7.64. The van der Waals surface area contributed by atoms with Gasteiger partial charge in [-0.05, 0) is 55.2 Å². The van der Waals surface area contributed by atoms with Crippen molar-refractivity contribution in [1.82, 2.24) is 15.5 Å². The number of nitrogens with zero attached hydrogens (tertiary/aromatic N) is 2. The summed E-state index contributed by atoms with van der Waals surface area (Å²) in [6.45, 7) is 5.52. The van der Waals surface area contributed by atoms with Gasteiger partial charge >= 0.3 is 0 Å². The lowest BCUT2D eigenvalue weighted by atomic mass is 10.0. The Labute approximate surface area is 205 Å². The lowest BCUT2D eigenvalue weighted by Gasteiger charge is -2.33. The fourth-order valence-electron chi connectivity index (χ4n) is 3.63. The van der Waals surface area contributed by atoms with Crippen LogP contribution in [0.25, 0.3) is 0 Å². The number of rotatable bonds is 7. The van der Waals surface area contributed by atoms with Crippen molar-refractivity contribution in [3.8, 4) is 11.5 Å². The molecule has 0 aromatic heterocycles. The van der Waals surface area contributed by atoms with Crippen molar-refractivity contribution in [2.75, 3.05) is 26.7 Å². The van der Waals surface area contributed by atoms with Crippen LogP contribution in [0.15, 0.2) is 41.4 Å². The first-order valence-electron chi connectivity index (χ1n) is 10.6. The number of phenols is 1. The van der Waals surface area contributed by atoms with Gasteiger partial charge < -0.3 is 20.5 Å². The van der Waals surface area contributed by atoms with E-state index in [-0.39, 0.29) is 47.3 Å². The van der Waals surface area contributed by atoms with Crippen molar-refractivity contribution >= 4 is 29.9 Å². The van der Waals surface area contributed by atoms with Crippen LogP contribution in [-0.2, 0) is 13.1 Å². The quantitative estimate of drug-likeness (QED) is 0.271. The number of hydrogen-bond acceptors (Lipinski definition) is 4. The van der Waals surface area contributed by atoms with Crippen LogP contribution in [0.2, 0.25) is 0 Å². The topological polar surface area (TPSA) is 69.1 Å². The van der Waals surface area contributed by atoms with Crippen LogP contribution >= 0.6 is 24.0 Å². The summed E-state index contributed by atoms with van der Waals surface area (Å²) in [6, 6.07) is 9.66. The van der Waals surface area contributed by atoms with Gasteiger partial charge in [0.05, 0.1) is 13.7 Å². The van der Waals surface area contributed by atoms with Gasteiger partial charge in [-0.1, -0.05) is 12.1 Å². The Bertz CT molecular complexity index is 906. The first-order chi connectivity index (χ1) is 15.0. The van der Waals surface area contributed by atoms with Crippen LogP contribution in [0.1, 0.15) is 30.9 Å². The van der Waals surface area contributed by atoms with E-state index in [1.807, 2.05) is 13.0 Å². The summed E-state index contributed by atoms with van der Waals surface area (Å²) in [5.74, 6) is -0.392. The van der Waals surface area contributed by atoms with Gasteiger partial charge in [-0.2, -0.15) is 0 Å². The first-order valence-corrected chi connectivity index (χ1v) is 10.6. The summed E-state index contributed by atoms with van der Waals surface area (Å²) in [5.41, 5.74) is 1.62. The second kappa shape index (κ2) is 12.8. The van der Waals surface area contributed by atoms with Gasteiger partial charge in [0.2, 0.25) is 0 Å². The molecule has 1 heterocycles. The molecular formula is C23H31F2IN4O2. The van der Waals surface area contributed by atoms with Gasteiger partial charge in [-0.15, -0.1) is 24.0 Å². The molecule has 0 radical (unpaired) electrons. The summed E-state index contributed by atoms with van der Waals surface area (Å²) in [5, 5.41) is 16.0. The lowest BCUT2D eigenvalue weighted by Crippen LogP contribution is -2.48. The molecule has 1 aliphatic heterocycles. The summed E-state index contributed by atoms with van der Waals surface area (Å²) in [7, 11) is 1.46. The van der Waals surface area contributed by atoms with E-state index in [0.717, 1.165) is 38.0 Å². The van der Waals surface area contributed by atoms with Gasteiger partial charge in [0.15, 0.2) is 29.1 Å². The molecule has 2 aromatic carbocycles. The van der Waals surface area contributed by atoms with Crippen LogP contribution in [0.5, 0.6) is 11.5 Å². The smallest absolute Gasteiger partial charge is 0.191 e. The van der Waals surface area contributed by atoms with E-state index in [1.165, 1.54) is 25.3 Å². The van der Waals surface area contributed by atoms with Crippen molar-refractivity contribution in [2.24, 2.45) is 4.99 Å².